The van der Waals surface area contributed by atoms with Crippen molar-refractivity contribution in [1.29, 1.82) is 0 Å². The van der Waals surface area contributed by atoms with Crippen molar-refractivity contribution >= 4 is 0 Å². The molecule has 1 aromatic heterocycles. The van der Waals surface area contributed by atoms with Gasteiger partial charge in [0.15, 0.2) is 0 Å². The quantitative estimate of drug-likeness (QED) is 0.608. The highest BCUT2D eigenvalue weighted by molar-refractivity contribution is 4.99. The third-order valence-electron chi connectivity index (χ3n) is 1.54. The molecule has 0 atom stereocenters. The molecular formula is C8H13N2. The predicted molar refractivity (Wildman–Crippen MR) is 40.8 cm³/mol. The molecule has 0 aliphatic rings. The van der Waals surface area contributed by atoms with E-state index >= 15 is 0 Å². The molecule has 2 heteroatoms. The summed E-state index contributed by atoms with van der Waals surface area (Å²) >= 11 is 0. The topological polar surface area (TPSA) is 17.8 Å². The minimum atomic E-state index is 0.459. The first kappa shape index (κ1) is 7.32. The van der Waals surface area contributed by atoms with Crippen molar-refractivity contribution in [1.82, 2.24) is 9.78 Å². The van der Waals surface area contributed by atoms with Crippen LogP contribution in [0.5, 0.6) is 0 Å². The molecule has 1 radical (unpaired) electrons. The standard InChI is InChI=1S/C8H13N2/c1-4-8-5-6-9-10(8)7(2)3/h5,7H,4H2,1-3H3. The van der Waals surface area contributed by atoms with Crippen molar-refractivity contribution < 1.29 is 0 Å². The number of rotatable bonds is 2. The van der Waals surface area contributed by atoms with Gasteiger partial charge >= 0.3 is 0 Å². The van der Waals surface area contributed by atoms with Crippen LogP contribution in [0, 0.1) is 6.20 Å². The Morgan fingerprint density at radius 1 is 1.70 bits per heavy atom. The summed E-state index contributed by atoms with van der Waals surface area (Å²) in [7, 11) is 0. The second kappa shape index (κ2) is 2.86. The molecule has 1 aromatic rings. The van der Waals surface area contributed by atoms with Crippen LogP contribution in [-0.2, 0) is 6.42 Å². The molecule has 1 heterocycles. The maximum absolute atomic E-state index is 4.08. The number of hydrogen-bond acceptors (Lipinski definition) is 1. The van der Waals surface area contributed by atoms with E-state index in [1.54, 1.807) is 0 Å². The van der Waals surface area contributed by atoms with E-state index in [9.17, 15) is 0 Å². The van der Waals surface area contributed by atoms with Crippen LogP contribution in [0.25, 0.3) is 0 Å². The Hall–Kier alpha value is -0.790. The first-order chi connectivity index (χ1) is 4.75. The fraction of sp³-hybridized carbons (Fsp3) is 0.625. The number of nitrogens with zero attached hydrogens (tertiary/aromatic N) is 2. The van der Waals surface area contributed by atoms with Crippen molar-refractivity contribution in [3.63, 3.8) is 0 Å². The summed E-state index contributed by atoms with van der Waals surface area (Å²) in [6, 6.07) is 2.40. The second-order valence-corrected chi connectivity index (χ2v) is 2.66. The third-order valence-corrected chi connectivity index (χ3v) is 1.54. The SMILES string of the molecule is CCc1c[c]nn1C(C)C. The van der Waals surface area contributed by atoms with Gasteiger partial charge < -0.3 is 0 Å². The van der Waals surface area contributed by atoms with E-state index in [1.165, 1.54) is 5.69 Å². The van der Waals surface area contributed by atoms with Crippen LogP contribution >= 0.6 is 0 Å². The fourth-order valence-corrected chi connectivity index (χ4v) is 1.01. The Morgan fingerprint density at radius 2 is 2.40 bits per heavy atom. The normalized spacial score (nSPS) is 10.8. The fourth-order valence-electron chi connectivity index (χ4n) is 1.01. The lowest BCUT2D eigenvalue weighted by Crippen LogP contribution is -2.06. The molecule has 10 heavy (non-hydrogen) atoms. The van der Waals surface area contributed by atoms with Crippen molar-refractivity contribution in [2.45, 2.75) is 33.2 Å². The Morgan fingerprint density at radius 3 is 2.80 bits per heavy atom. The van der Waals surface area contributed by atoms with Gasteiger partial charge in [-0.2, -0.15) is 5.10 Å². The van der Waals surface area contributed by atoms with E-state index in [0.717, 1.165) is 6.42 Å². The summed E-state index contributed by atoms with van der Waals surface area (Å²) < 4.78 is 2.00. The van der Waals surface area contributed by atoms with Crippen molar-refractivity contribution in [3.8, 4) is 0 Å². The molecule has 2 nitrogen and oxygen atoms in total. The monoisotopic (exact) mass is 137 g/mol. The van der Waals surface area contributed by atoms with Crippen LogP contribution in [-0.4, -0.2) is 9.78 Å². The molecule has 0 fully saturated rings. The molecule has 55 valence electrons. The van der Waals surface area contributed by atoms with Crippen LogP contribution in [0.4, 0.5) is 0 Å². The van der Waals surface area contributed by atoms with Gasteiger partial charge in [0.2, 0.25) is 0 Å². The zero-order valence-corrected chi connectivity index (χ0v) is 6.76. The van der Waals surface area contributed by atoms with E-state index in [0.29, 0.717) is 6.04 Å². The van der Waals surface area contributed by atoms with Crippen LogP contribution in [0.3, 0.4) is 0 Å². The lowest BCUT2D eigenvalue weighted by Gasteiger charge is -2.08. The number of hydrogen-bond donors (Lipinski definition) is 0. The molecule has 0 bridgehead atoms. The van der Waals surface area contributed by atoms with Crippen LogP contribution in [0.1, 0.15) is 32.5 Å². The van der Waals surface area contributed by atoms with Gasteiger partial charge in [-0.15, -0.1) is 0 Å². The van der Waals surface area contributed by atoms with E-state index in [-0.39, 0.29) is 0 Å². The number of aryl methyl sites for hydroxylation is 1. The van der Waals surface area contributed by atoms with E-state index in [2.05, 4.69) is 32.1 Å². The molecule has 0 spiro atoms. The molecule has 0 amide bonds. The second-order valence-electron chi connectivity index (χ2n) is 2.66. The summed E-state index contributed by atoms with van der Waals surface area (Å²) in [4.78, 5) is 0. The summed E-state index contributed by atoms with van der Waals surface area (Å²) in [6.45, 7) is 6.38. The third kappa shape index (κ3) is 1.20. The predicted octanol–water partition coefficient (Wildman–Crippen LogP) is 1.83. The van der Waals surface area contributed by atoms with Crippen LogP contribution in [0.2, 0.25) is 0 Å². The molecule has 0 saturated carbocycles. The minimum Gasteiger partial charge on any atom is -0.266 e. The molecule has 0 aliphatic heterocycles. The largest absolute Gasteiger partial charge is 0.266 e. The Balaban J connectivity index is 2.90. The molecule has 0 aromatic carbocycles. The van der Waals surface area contributed by atoms with E-state index in [1.807, 2.05) is 10.7 Å². The van der Waals surface area contributed by atoms with Gasteiger partial charge in [0, 0.05) is 11.7 Å². The maximum atomic E-state index is 4.08. The van der Waals surface area contributed by atoms with Crippen LogP contribution < -0.4 is 0 Å². The van der Waals surface area contributed by atoms with Gasteiger partial charge in [0.05, 0.1) is 0 Å². The van der Waals surface area contributed by atoms with Crippen molar-refractivity contribution in [3.05, 3.63) is 18.0 Å². The van der Waals surface area contributed by atoms with Crippen molar-refractivity contribution in [2.24, 2.45) is 0 Å². The lowest BCUT2D eigenvalue weighted by molar-refractivity contribution is 0.511. The average Bonchev–Trinajstić information content (AvgIpc) is 2.33. The van der Waals surface area contributed by atoms with Gasteiger partial charge in [-0.3, -0.25) is 4.68 Å². The first-order valence-corrected chi connectivity index (χ1v) is 3.70. The van der Waals surface area contributed by atoms with E-state index in [4.69, 9.17) is 0 Å². The van der Waals surface area contributed by atoms with Gasteiger partial charge in [-0.1, -0.05) is 6.92 Å². The van der Waals surface area contributed by atoms with E-state index < -0.39 is 0 Å². The molecule has 0 saturated heterocycles. The first-order valence-electron chi connectivity index (χ1n) is 3.70. The Labute approximate surface area is 61.9 Å². The maximum Gasteiger partial charge on any atom is 0.113 e. The smallest absolute Gasteiger partial charge is 0.113 e. The summed E-state index contributed by atoms with van der Waals surface area (Å²) in [5.41, 5.74) is 1.26. The van der Waals surface area contributed by atoms with Crippen LogP contribution in [0.15, 0.2) is 6.07 Å². The summed E-state index contributed by atoms with van der Waals surface area (Å²) in [5, 5.41) is 4.08. The number of aromatic nitrogens is 2. The van der Waals surface area contributed by atoms with Gasteiger partial charge in [0.1, 0.15) is 6.20 Å². The summed E-state index contributed by atoms with van der Waals surface area (Å²) in [6.07, 6.45) is 3.88. The average molecular weight is 137 g/mol. The molecule has 0 unspecified atom stereocenters. The highest BCUT2D eigenvalue weighted by Gasteiger charge is 2.02. The minimum absolute atomic E-state index is 0.459. The Kier molecular flexibility index (Phi) is 2.10. The molecule has 1 rings (SSSR count). The van der Waals surface area contributed by atoms with Gasteiger partial charge in [-0.25, -0.2) is 0 Å². The van der Waals surface area contributed by atoms with Gasteiger partial charge in [-0.05, 0) is 26.3 Å². The Bertz CT molecular complexity index is 201. The highest BCUT2D eigenvalue weighted by Crippen LogP contribution is 2.06. The lowest BCUT2D eigenvalue weighted by atomic mass is 10.3. The van der Waals surface area contributed by atoms with Crippen molar-refractivity contribution in [2.75, 3.05) is 0 Å². The molecular weight excluding hydrogens is 124 g/mol. The van der Waals surface area contributed by atoms with Gasteiger partial charge in [0.25, 0.3) is 0 Å². The molecule has 0 aliphatic carbocycles. The zero-order chi connectivity index (χ0) is 7.56. The zero-order valence-electron chi connectivity index (χ0n) is 6.76. The highest BCUT2D eigenvalue weighted by atomic mass is 15.3. The summed E-state index contributed by atoms with van der Waals surface area (Å²) in [5.74, 6) is 0. The molecule has 0 N–H and O–H groups in total.